The van der Waals surface area contributed by atoms with Gasteiger partial charge < -0.3 is 10.2 Å². The molecule has 4 aromatic rings. The highest BCUT2D eigenvalue weighted by atomic mass is 35.5. The van der Waals surface area contributed by atoms with Gasteiger partial charge in [0.2, 0.25) is 11.8 Å². The van der Waals surface area contributed by atoms with Crippen LogP contribution in [0.4, 0.5) is 5.69 Å². The third kappa shape index (κ3) is 8.06. The van der Waals surface area contributed by atoms with Gasteiger partial charge in [0.1, 0.15) is 12.6 Å². The Morgan fingerprint density at radius 3 is 1.98 bits per heavy atom. The lowest BCUT2D eigenvalue weighted by Crippen LogP contribution is -2.53. The van der Waals surface area contributed by atoms with Gasteiger partial charge in [-0.15, -0.1) is 0 Å². The number of likely N-dealkylation sites (N-methyl/N-ethyl adjacent to an activating group) is 1. The number of benzene rings is 4. The first-order valence-corrected chi connectivity index (χ1v) is 16.4. The van der Waals surface area contributed by atoms with Gasteiger partial charge in [0, 0.05) is 20.0 Å². The largest absolute Gasteiger partial charge is 0.357 e. The lowest BCUT2D eigenvalue weighted by Gasteiger charge is -2.33. The lowest BCUT2D eigenvalue weighted by molar-refractivity contribution is -0.139. The number of aryl methyl sites for hydroxylation is 1. The Hall–Kier alpha value is -3.27. The summed E-state index contributed by atoms with van der Waals surface area (Å²) in [6.07, 6.45) is 0.172. The summed E-state index contributed by atoms with van der Waals surface area (Å²) >= 11 is 24.8. The predicted molar refractivity (Wildman–Crippen MR) is 177 cm³/mol. The summed E-state index contributed by atoms with van der Waals surface area (Å²) in [7, 11) is -2.80. The molecule has 0 aliphatic rings. The Balaban J connectivity index is 1.81. The minimum atomic E-state index is -4.28. The van der Waals surface area contributed by atoms with Gasteiger partial charge in [-0.25, -0.2) is 8.42 Å². The third-order valence-corrected chi connectivity index (χ3v) is 10.2. The molecule has 7 nitrogen and oxygen atoms in total. The molecule has 0 saturated heterocycles. The molecule has 0 radical (unpaired) electrons. The minimum absolute atomic E-state index is 0.0230. The van der Waals surface area contributed by atoms with Gasteiger partial charge in [-0.2, -0.15) is 0 Å². The van der Waals surface area contributed by atoms with Gasteiger partial charge in [0.15, 0.2) is 0 Å². The van der Waals surface area contributed by atoms with Crippen LogP contribution in [0.5, 0.6) is 0 Å². The highest BCUT2D eigenvalue weighted by Crippen LogP contribution is 2.31. The first-order valence-electron chi connectivity index (χ1n) is 13.4. The number of anilines is 1. The fourth-order valence-corrected chi connectivity index (χ4v) is 6.58. The molecule has 0 unspecified atom stereocenters. The van der Waals surface area contributed by atoms with E-state index in [1.54, 1.807) is 30.3 Å². The lowest BCUT2D eigenvalue weighted by atomic mass is 10.0. The summed E-state index contributed by atoms with van der Waals surface area (Å²) in [6, 6.07) is 23.7. The number of carbonyl (C=O) groups excluding carboxylic acids is 2. The maximum Gasteiger partial charge on any atom is 0.264 e. The Morgan fingerprint density at radius 1 is 0.773 bits per heavy atom. The van der Waals surface area contributed by atoms with Crippen LogP contribution in [-0.2, 0) is 32.6 Å². The second-order valence-corrected chi connectivity index (χ2v) is 13.5. The molecule has 0 aromatic heterocycles. The topological polar surface area (TPSA) is 86.8 Å². The number of hydrogen-bond donors (Lipinski definition) is 1. The summed E-state index contributed by atoms with van der Waals surface area (Å²) in [5.41, 5.74) is 2.39. The SMILES string of the molecule is CNC(=O)[C@H](Cc1ccccc1)N(Cc1ccc(Cl)c(Cl)c1)C(=O)CN(c1ccc(Cl)c(Cl)c1)S(=O)(=O)c1ccc(C)cc1. The molecule has 0 saturated carbocycles. The molecular formula is C32H29Cl4N3O4S. The molecule has 0 aliphatic carbocycles. The number of amides is 2. The van der Waals surface area contributed by atoms with Crippen molar-refractivity contribution in [2.75, 3.05) is 17.9 Å². The van der Waals surface area contributed by atoms with E-state index in [-0.39, 0.29) is 38.6 Å². The Kier molecular flexibility index (Phi) is 11.2. The maximum absolute atomic E-state index is 14.3. The van der Waals surface area contributed by atoms with E-state index < -0.39 is 34.4 Å². The molecule has 44 heavy (non-hydrogen) atoms. The minimum Gasteiger partial charge on any atom is -0.357 e. The number of halogens is 4. The van der Waals surface area contributed by atoms with E-state index in [0.717, 1.165) is 15.4 Å². The predicted octanol–water partition coefficient (Wildman–Crippen LogP) is 7.19. The molecule has 4 aromatic carbocycles. The highest BCUT2D eigenvalue weighted by Gasteiger charge is 2.34. The van der Waals surface area contributed by atoms with Crippen LogP contribution in [0.15, 0.2) is 95.9 Å². The molecule has 0 spiro atoms. The van der Waals surface area contributed by atoms with Gasteiger partial charge in [0.05, 0.1) is 30.7 Å². The molecular weight excluding hydrogens is 664 g/mol. The van der Waals surface area contributed by atoms with Crippen LogP contribution in [0.1, 0.15) is 16.7 Å². The summed E-state index contributed by atoms with van der Waals surface area (Å²) in [4.78, 5) is 29.0. The van der Waals surface area contributed by atoms with E-state index in [1.807, 2.05) is 37.3 Å². The number of carbonyl (C=O) groups is 2. The van der Waals surface area contributed by atoms with Crippen LogP contribution < -0.4 is 9.62 Å². The van der Waals surface area contributed by atoms with Crippen LogP contribution in [0.25, 0.3) is 0 Å². The monoisotopic (exact) mass is 691 g/mol. The summed E-state index contributed by atoms with van der Waals surface area (Å²) in [5, 5.41) is 3.58. The molecule has 230 valence electrons. The normalized spacial score (nSPS) is 12.0. The first-order chi connectivity index (χ1) is 20.9. The van der Waals surface area contributed by atoms with Crippen molar-refractivity contribution >= 4 is 73.9 Å². The van der Waals surface area contributed by atoms with Crippen LogP contribution in [0.3, 0.4) is 0 Å². The van der Waals surface area contributed by atoms with Crippen LogP contribution in [-0.4, -0.2) is 44.8 Å². The number of sulfonamides is 1. The Labute approximate surface area is 277 Å². The molecule has 1 N–H and O–H groups in total. The average molecular weight is 693 g/mol. The van der Waals surface area contributed by atoms with E-state index in [1.165, 1.54) is 42.3 Å². The zero-order valence-electron chi connectivity index (χ0n) is 23.8. The number of nitrogens with zero attached hydrogens (tertiary/aromatic N) is 2. The smallest absolute Gasteiger partial charge is 0.264 e. The van der Waals surface area contributed by atoms with Crippen LogP contribution in [0, 0.1) is 6.92 Å². The van der Waals surface area contributed by atoms with Crippen LogP contribution in [0.2, 0.25) is 20.1 Å². The van der Waals surface area contributed by atoms with Gasteiger partial charge in [0.25, 0.3) is 10.0 Å². The van der Waals surface area contributed by atoms with Crippen molar-refractivity contribution in [3.8, 4) is 0 Å². The molecule has 0 heterocycles. The van der Waals surface area contributed by atoms with E-state index in [9.17, 15) is 18.0 Å². The summed E-state index contributed by atoms with van der Waals surface area (Å²) < 4.78 is 29.1. The van der Waals surface area contributed by atoms with Crippen molar-refractivity contribution in [2.45, 2.75) is 30.8 Å². The number of nitrogens with one attached hydrogen (secondary N) is 1. The van der Waals surface area contributed by atoms with Crippen molar-refractivity contribution in [1.82, 2.24) is 10.2 Å². The van der Waals surface area contributed by atoms with Crippen molar-refractivity contribution in [1.29, 1.82) is 0 Å². The van der Waals surface area contributed by atoms with Crippen molar-refractivity contribution in [2.24, 2.45) is 0 Å². The third-order valence-electron chi connectivity index (χ3n) is 6.93. The zero-order valence-corrected chi connectivity index (χ0v) is 27.6. The summed E-state index contributed by atoms with van der Waals surface area (Å²) in [5.74, 6) is -1.06. The molecule has 0 bridgehead atoms. The van der Waals surface area contributed by atoms with Gasteiger partial charge in [-0.05, 0) is 60.5 Å². The molecule has 1 atom stereocenters. The van der Waals surface area contributed by atoms with E-state index in [0.29, 0.717) is 10.6 Å². The highest BCUT2D eigenvalue weighted by molar-refractivity contribution is 7.92. The molecule has 0 aliphatic heterocycles. The number of rotatable bonds is 11. The van der Waals surface area contributed by atoms with Crippen molar-refractivity contribution in [3.63, 3.8) is 0 Å². The van der Waals surface area contributed by atoms with Gasteiger partial charge >= 0.3 is 0 Å². The van der Waals surface area contributed by atoms with Gasteiger partial charge in [-0.3, -0.25) is 13.9 Å². The second-order valence-electron chi connectivity index (χ2n) is 10.0. The Bertz CT molecular complexity index is 1750. The molecule has 0 fully saturated rings. The van der Waals surface area contributed by atoms with Gasteiger partial charge in [-0.1, -0.05) is 100 Å². The van der Waals surface area contributed by atoms with E-state index in [4.69, 9.17) is 46.4 Å². The van der Waals surface area contributed by atoms with E-state index in [2.05, 4.69) is 5.32 Å². The first kappa shape index (κ1) is 33.6. The Morgan fingerprint density at radius 2 is 1.39 bits per heavy atom. The molecule has 4 rings (SSSR count). The summed E-state index contributed by atoms with van der Waals surface area (Å²) in [6.45, 7) is 1.14. The number of hydrogen-bond acceptors (Lipinski definition) is 4. The van der Waals surface area contributed by atoms with Crippen molar-refractivity contribution in [3.05, 3.63) is 128 Å². The van der Waals surface area contributed by atoms with Crippen molar-refractivity contribution < 1.29 is 18.0 Å². The fourth-order valence-electron chi connectivity index (χ4n) is 4.56. The maximum atomic E-state index is 14.3. The van der Waals surface area contributed by atoms with Crippen LogP contribution >= 0.6 is 46.4 Å². The standard InChI is InChI=1S/C32H29Cl4N3O4S/c1-21-8-12-25(13-9-21)44(42,43)39(24-11-15-27(34)29(36)18-24)20-31(40)38(19-23-10-14-26(33)28(35)16-23)30(32(41)37-2)17-22-6-4-3-5-7-22/h3-16,18,30H,17,19-20H2,1-2H3,(H,37,41)/t30-/m0/s1. The average Bonchev–Trinajstić information content (AvgIpc) is 3.01. The molecule has 12 heteroatoms. The molecule has 2 amide bonds. The second kappa shape index (κ2) is 14.7. The fraction of sp³-hybridized carbons (Fsp3) is 0.188. The quantitative estimate of drug-likeness (QED) is 0.180. The zero-order chi connectivity index (χ0) is 32.0. The van der Waals surface area contributed by atoms with E-state index >= 15 is 0 Å².